The van der Waals surface area contributed by atoms with Crippen molar-refractivity contribution in [3.63, 3.8) is 0 Å². The summed E-state index contributed by atoms with van der Waals surface area (Å²) in [5, 5.41) is 4.50. The van der Waals surface area contributed by atoms with Crippen LogP contribution >= 0.6 is 11.3 Å². The normalized spacial score (nSPS) is 11.6. The summed E-state index contributed by atoms with van der Waals surface area (Å²) < 4.78 is 8.69. The second-order valence-electron chi connectivity index (χ2n) is 13.8. The van der Waals surface area contributed by atoms with Crippen molar-refractivity contribution in [2.24, 2.45) is 0 Å². The lowest BCUT2D eigenvalue weighted by atomic mass is 9.94. The molecule has 0 atom stereocenters. The second-order valence-corrected chi connectivity index (χ2v) is 14.9. The molecule has 0 aliphatic heterocycles. The molecule has 6 heteroatoms. The molecule has 11 aromatic rings. The highest BCUT2D eigenvalue weighted by Gasteiger charge is 2.20. The molecule has 3 aromatic heterocycles. The van der Waals surface area contributed by atoms with Crippen molar-refractivity contribution >= 4 is 53.4 Å². The molecule has 8 aromatic carbocycles. The molecule has 0 fully saturated rings. The fraction of sp³-hybridized carbons (Fsp3) is 0. The number of rotatable bonds is 6. The summed E-state index contributed by atoms with van der Waals surface area (Å²) in [6, 6.07) is 62.8. The zero-order valence-electron chi connectivity index (χ0n) is 29.9. The van der Waals surface area contributed by atoms with Crippen molar-refractivity contribution in [2.45, 2.75) is 0 Å². The molecule has 0 saturated heterocycles. The van der Waals surface area contributed by atoms with E-state index in [0.29, 0.717) is 23.4 Å². The SMILES string of the molecule is c1ccc(-c2ccc(-c3nc(-c4ccccc4)nc(-c4ccc5ccc6sc7ccc8oc(-c9ccccc9)nc8c7c6c5c4)n3)c(-c3ccccc3)c2)cc1. The molecule has 0 radical (unpaired) electrons. The van der Waals surface area contributed by atoms with Gasteiger partial charge in [0.05, 0.1) is 0 Å². The molecule has 3 heterocycles. The topological polar surface area (TPSA) is 64.7 Å². The number of aromatic nitrogens is 4. The fourth-order valence-corrected chi connectivity index (χ4v) is 8.78. The zero-order valence-corrected chi connectivity index (χ0v) is 30.7. The van der Waals surface area contributed by atoms with Crippen LogP contribution in [0.5, 0.6) is 0 Å². The number of benzene rings is 8. The monoisotopic (exact) mass is 734 g/mol. The summed E-state index contributed by atoms with van der Waals surface area (Å²) in [4.78, 5) is 20.6. The minimum Gasteiger partial charge on any atom is -0.436 e. The maximum absolute atomic E-state index is 6.34. The zero-order chi connectivity index (χ0) is 37.0. The maximum atomic E-state index is 6.34. The fourth-order valence-electron chi connectivity index (χ4n) is 7.65. The van der Waals surface area contributed by atoms with E-state index in [2.05, 4.69) is 103 Å². The standard InChI is InChI=1S/C50H30N4OS/c1-5-13-31(14-6-1)36-23-25-38(39(29-36)32-15-7-2-8-16-32)49-53-47(34-17-9-3-10-18-34)52-48(54-49)37-22-21-33-24-27-42-44(40(33)30-37)45-43(56-42)28-26-41-46(45)51-50(55-41)35-19-11-4-12-20-35/h1-30H. The summed E-state index contributed by atoms with van der Waals surface area (Å²) >= 11 is 1.77. The van der Waals surface area contributed by atoms with E-state index in [0.717, 1.165) is 77.2 Å². The lowest BCUT2D eigenvalue weighted by Crippen LogP contribution is -2.01. The number of thiophene rings is 1. The Hall–Kier alpha value is -7.28. The van der Waals surface area contributed by atoms with Gasteiger partial charge in [-0.3, -0.25) is 0 Å². The van der Waals surface area contributed by atoms with Crippen LogP contribution in [-0.2, 0) is 0 Å². The van der Waals surface area contributed by atoms with E-state index in [1.54, 1.807) is 11.3 Å². The van der Waals surface area contributed by atoms with Crippen molar-refractivity contribution in [3.8, 4) is 67.9 Å². The molecule has 0 aliphatic carbocycles. The van der Waals surface area contributed by atoms with Crippen molar-refractivity contribution in [1.29, 1.82) is 0 Å². The third kappa shape index (κ3) is 5.54. The van der Waals surface area contributed by atoms with Crippen molar-refractivity contribution in [2.75, 3.05) is 0 Å². The predicted octanol–water partition coefficient (Wildman–Crippen LogP) is 13.5. The number of oxazole rings is 1. The molecule has 0 bridgehead atoms. The first-order chi connectivity index (χ1) is 27.7. The maximum Gasteiger partial charge on any atom is 0.227 e. The van der Waals surface area contributed by atoms with E-state index >= 15 is 0 Å². The van der Waals surface area contributed by atoms with Gasteiger partial charge in [-0.15, -0.1) is 11.3 Å². The Kier molecular flexibility index (Phi) is 7.60. The highest BCUT2D eigenvalue weighted by Crippen LogP contribution is 2.44. The summed E-state index contributed by atoms with van der Waals surface area (Å²) in [6.07, 6.45) is 0. The Morgan fingerprint density at radius 1 is 0.375 bits per heavy atom. The van der Waals surface area contributed by atoms with E-state index in [-0.39, 0.29) is 0 Å². The second kappa shape index (κ2) is 13.2. The van der Waals surface area contributed by atoms with Crippen LogP contribution < -0.4 is 0 Å². The highest BCUT2D eigenvalue weighted by atomic mass is 32.1. The Labute approximate surface area is 326 Å². The summed E-state index contributed by atoms with van der Waals surface area (Å²) in [5.41, 5.74) is 9.79. The molecule has 56 heavy (non-hydrogen) atoms. The van der Waals surface area contributed by atoms with Crippen molar-refractivity contribution in [1.82, 2.24) is 19.9 Å². The first-order valence-electron chi connectivity index (χ1n) is 18.5. The van der Waals surface area contributed by atoms with Crippen molar-refractivity contribution in [3.05, 3.63) is 182 Å². The van der Waals surface area contributed by atoms with Crippen LogP contribution in [-0.4, -0.2) is 19.9 Å². The van der Waals surface area contributed by atoms with Gasteiger partial charge in [0.2, 0.25) is 5.89 Å². The molecule has 0 amide bonds. The van der Waals surface area contributed by atoms with Crippen molar-refractivity contribution < 1.29 is 4.42 Å². The number of nitrogens with zero attached hydrogens (tertiary/aromatic N) is 4. The van der Waals surface area contributed by atoms with Gasteiger partial charge < -0.3 is 4.42 Å². The average molecular weight is 735 g/mol. The van der Waals surface area contributed by atoms with Crippen LogP contribution in [0.3, 0.4) is 0 Å². The molecular weight excluding hydrogens is 705 g/mol. The van der Waals surface area contributed by atoms with Gasteiger partial charge in [0, 0.05) is 42.4 Å². The first-order valence-corrected chi connectivity index (χ1v) is 19.4. The van der Waals surface area contributed by atoms with E-state index in [9.17, 15) is 0 Å². The molecule has 0 spiro atoms. The molecule has 262 valence electrons. The number of hydrogen-bond donors (Lipinski definition) is 0. The van der Waals surface area contributed by atoms with Gasteiger partial charge in [-0.05, 0) is 81.6 Å². The Balaban J connectivity index is 1.13. The minimum absolute atomic E-state index is 0.608. The van der Waals surface area contributed by atoms with Crippen LogP contribution in [0.4, 0.5) is 0 Å². The molecule has 0 saturated carbocycles. The largest absolute Gasteiger partial charge is 0.436 e. The van der Waals surface area contributed by atoms with Gasteiger partial charge >= 0.3 is 0 Å². The highest BCUT2D eigenvalue weighted by molar-refractivity contribution is 7.26. The van der Waals surface area contributed by atoms with Gasteiger partial charge in [0.15, 0.2) is 23.1 Å². The van der Waals surface area contributed by atoms with Gasteiger partial charge in [0.1, 0.15) is 5.52 Å². The Bertz CT molecular complexity index is 3230. The van der Waals surface area contributed by atoms with Crippen LogP contribution in [0, 0.1) is 0 Å². The van der Waals surface area contributed by atoms with E-state index in [4.69, 9.17) is 24.4 Å². The molecule has 11 rings (SSSR count). The van der Waals surface area contributed by atoms with E-state index in [1.165, 1.54) is 9.40 Å². The molecule has 0 aliphatic rings. The van der Waals surface area contributed by atoms with Gasteiger partial charge in [-0.1, -0.05) is 133 Å². The smallest absolute Gasteiger partial charge is 0.227 e. The average Bonchev–Trinajstić information content (AvgIpc) is 3.89. The quantitative estimate of drug-likeness (QED) is 0.170. The van der Waals surface area contributed by atoms with Crippen LogP contribution in [0.25, 0.3) is 110 Å². The summed E-state index contributed by atoms with van der Waals surface area (Å²) in [7, 11) is 0. The third-order valence-electron chi connectivity index (χ3n) is 10.4. The van der Waals surface area contributed by atoms with Gasteiger partial charge in [0.25, 0.3) is 0 Å². The van der Waals surface area contributed by atoms with Crippen LogP contribution in [0.15, 0.2) is 186 Å². The predicted molar refractivity (Wildman–Crippen MR) is 230 cm³/mol. The molecule has 0 N–H and O–H groups in total. The molecular formula is C50H30N4OS. The van der Waals surface area contributed by atoms with Gasteiger partial charge in [-0.25, -0.2) is 19.9 Å². The van der Waals surface area contributed by atoms with Crippen LogP contribution in [0.2, 0.25) is 0 Å². The first kappa shape index (κ1) is 32.2. The Morgan fingerprint density at radius 3 is 1.68 bits per heavy atom. The lowest BCUT2D eigenvalue weighted by molar-refractivity contribution is 0.620. The van der Waals surface area contributed by atoms with E-state index < -0.39 is 0 Å². The van der Waals surface area contributed by atoms with Gasteiger partial charge in [-0.2, -0.15) is 0 Å². The minimum atomic E-state index is 0.608. The molecule has 5 nitrogen and oxygen atoms in total. The Morgan fingerprint density at radius 2 is 0.946 bits per heavy atom. The third-order valence-corrected chi connectivity index (χ3v) is 11.5. The summed E-state index contributed by atoms with van der Waals surface area (Å²) in [6.45, 7) is 0. The number of hydrogen-bond acceptors (Lipinski definition) is 6. The lowest BCUT2D eigenvalue weighted by Gasteiger charge is -2.14. The number of fused-ring (bicyclic) bond motifs is 7. The summed E-state index contributed by atoms with van der Waals surface area (Å²) in [5.74, 6) is 2.46. The van der Waals surface area contributed by atoms with E-state index in [1.807, 2.05) is 78.9 Å². The van der Waals surface area contributed by atoms with Crippen LogP contribution in [0.1, 0.15) is 0 Å². The molecule has 0 unspecified atom stereocenters.